The second-order valence-corrected chi connectivity index (χ2v) is 8.28. The molecule has 1 aliphatic rings. The molecule has 3 amide bonds. The quantitative estimate of drug-likeness (QED) is 0.491. The Bertz CT molecular complexity index is 845. The van der Waals surface area contributed by atoms with Gasteiger partial charge in [0.05, 0.1) is 23.7 Å². The van der Waals surface area contributed by atoms with E-state index in [0.717, 1.165) is 18.6 Å². The fourth-order valence-electron chi connectivity index (χ4n) is 3.29. The van der Waals surface area contributed by atoms with Crippen LogP contribution in [-0.4, -0.2) is 79.4 Å². The van der Waals surface area contributed by atoms with E-state index in [1.165, 1.54) is 6.07 Å². The molecule has 33 heavy (non-hydrogen) atoms. The van der Waals surface area contributed by atoms with Crippen molar-refractivity contribution in [3.05, 3.63) is 28.8 Å². The predicted molar refractivity (Wildman–Crippen MR) is 119 cm³/mol. The van der Waals surface area contributed by atoms with Crippen molar-refractivity contribution in [2.45, 2.75) is 32.5 Å². The monoisotopic (exact) mass is 491 g/mol. The van der Waals surface area contributed by atoms with Crippen molar-refractivity contribution in [2.75, 3.05) is 51.1 Å². The number of benzene rings is 1. The summed E-state index contributed by atoms with van der Waals surface area (Å²) in [6.07, 6.45) is -3.81. The first-order valence-electron chi connectivity index (χ1n) is 10.7. The third-order valence-corrected chi connectivity index (χ3v) is 5.40. The van der Waals surface area contributed by atoms with Crippen LogP contribution in [0.25, 0.3) is 0 Å². The first kappa shape index (κ1) is 26.9. The number of nitrogens with zero attached hydrogens (tertiary/aromatic N) is 2. The fraction of sp³-hybridized carbons (Fsp3) is 0.571. The fourth-order valence-corrected chi connectivity index (χ4v) is 3.51. The molecule has 1 fully saturated rings. The summed E-state index contributed by atoms with van der Waals surface area (Å²) in [6.45, 7) is 6.37. The minimum absolute atomic E-state index is 0.0125. The van der Waals surface area contributed by atoms with Crippen LogP contribution in [0.1, 0.15) is 25.8 Å². The average Bonchev–Trinajstić information content (AvgIpc) is 2.73. The van der Waals surface area contributed by atoms with E-state index in [4.69, 9.17) is 11.6 Å². The molecule has 0 saturated carbocycles. The third kappa shape index (κ3) is 8.82. The van der Waals surface area contributed by atoms with Gasteiger partial charge in [-0.2, -0.15) is 13.2 Å². The summed E-state index contributed by atoms with van der Waals surface area (Å²) in [7, 11) is 0. The van der Waals surface area contributed by atoms with Crippen LogP contribution in [0.2, 0.25) is 5.02 Å². The molecular formula is C21H29ClF3N5O3. The van der Waals surface area contributed by atoms with E-state index >= 15 is 0 Å². The zero-order valence-electron chi connectivity index (χ0n) is 18.6. The number of nitrogens with one attached hydrogen (secondary N) is 3. The number of rotatable bonds is 9. The van der Waals surface area contributed by atoms with E-state index in [1.807, 2.05) is 16.7 Å². The maximum absolute atomic E-state index is 13.0. The largest absolute Gasteiger partial charge is 0.417 e. The van der Waals surface area contributed by atoms with Crippen molar-refractivity contribution < 1.29 is 27.6 Å². The zero-order chi connectivity index (χ0) is 24.6. The summed E-state index contributed by atoms with van der Waals surface area (Å²) >= 11 is 5.59. The lowest BCUT2D eigenvalue weighted by atomic mass is 10.2. The summed E-state index contributed by atoms with van der Waals surface area (Å²) in [5.74, 6) is -0.934. The predicted octanol–water partition coefficient (Wildman–Crippen LogP) is 1.95. The van der Waals surface area contributed by atoms with Gasteiger partial charge in [0.1, 0.15) is 6.04 Å². The van der Waals surface area contributed by atoms with Gasteiger partial charge in [0, 0.05) is 38.4 Å². The Morgan fingerprint density at radius 2 is 1.64 bits per heavy atom. The minimum atomic E-state index is -4.61. The number of anilines is 1. The summed E-state index contributed by atoms with van der Waals surface area (Å²) < 4.78 is 38.9. The molecule has 1 unspecified atom stereocenters. The highest BCUT2D eigenvalue weighted by Crippen LogP contribution is 2.36. The maximum Gasteiger partial charge on any atom is 0.417 e. The number of carbonyl (C=O) groups is 3. The van der Waals surface area contributed by atoms with Crippen molar-refractivity contribution in [3.8, 4) is 0 Å². The van der Waals surface area contributed by atoms with E-state index < -0.39 is 28.7 Å². The maximum atomic E-state index is 13.0. The normalized spacial score (nSPS) is 16.2. The van der Waals surface area contributed by atoms with Crippen LogP contribution < -0.4 is 16.0 Å². The first-order valence-corrected chi connectivity index (χ1v) is 11.1. The first-order chi connectivity index (χ1) is 15.5. The highest BCUT2D eigenvalue weighted by molar-refractivity contribution is 6.31. The Kier molecular flexibility index (Phi) is 9.93. The molecule has 1 saturated heterocycles. The lowest BCUT2D eigenvalue weighted by Gasteiger charge is -2.34. The van der Waals surface area contributed by atoms with Gasteiger partial charge in [0.25, 0.3) is 0 Å². The van der Waals surface area contributed by atoms with Gasteiger partial charge in [-0.15, -0.1) is 0 Å². The minimum Gasteiger partial charge on any atom is -0.354 e. The number of halogens is 4. The van der Waals surface area contributed by atoms with Gasteiger partial charge in [-0.1, -0.05) is 18.5 Å². The van der Waals surface area contributed by atoms with Crippen molar-refractivity contribution in [1.82, 2.24) is 20.4 Å². The third-order valence-electron chi connectivity index (χ3n) is 5.07. The average molecular weight is 492 g/mol. The number of piperazine rings is 1. The van der Waals surface area contributed by atoms with E-state index in [2.05, 4.69) is 16.0 Å². The molecule has 1 atom stereocenters. The number of amides is 3. The molecule has 0 bridgehead atoms. The van der Waals surface area contributed by atoms with Gasteiger partial charge in [-0.3, -0.25) is 24.2 Å². The van der Waals surface area contributed by atoms with E-state index in [9.17, 15) is 27.6 Å². The van der Waals surface area contributed by atoms with Crippen LogP contribution >= 0.6 is 11.6 Å². The van der Waals surface area contributed by atoms with Crippen molar-refractivity contribution >= 4 is 35.0 Å². The molecule has 1 aromatic carbocycles. The molecule has 1 aliphatic heterocycles. The Balaban J connectivity index is 1.75. The van der Waals surface area contributed by atoms with Crippen LogP contribution in [0.4, 0.5) is 18.9 Å². The molecule has 1 aromatic rings. The van der Waals surface area contributed by atoms with Gasteiger partial charge in [-0.05, 0) is 31.5 Å². The van der Waals surface area contributed by atoms with Crippen LogP contribution in [0, 0.1) is 0 Å². The van der Waals surface area contributed by atoms with Crippen molar-refractivity contribution in [2.24, 2.45) is 0 Å². The van der Waals surface area contributed by atoms with Gasteiger partial charge in [0.15, 0.2) is 0 Å². The molecule has 8 nitrogen and oxygen atoms in total. The molecule has 2 rings (SSSR count). The highest BCUT2D eigenvalue weighted by Gasteiger charge is 2.33. The van der Waals surface area contributed by atoms with E-state index in [-0.39, 0.29) is 30.6 Å². The molecule has 184 valence electrons. The summed E-state index contributed by atoms with van der Waals surface area (Å²) in [5, 5.41) is 7.42. The second kappa shape index (κ2) is 12.2. The SMILES string of the molecule is CCCNC(=O)C(C)NC(=O)CN1CCN(CC(=O)Nc2ccc(Cl)c(C(F)(F)F)c2)CC1. The molecule has 0 spiro atoms. The van der Waals surface area contributed by atoms with E-state index in [0.29, 0.717) is 32.7 Å². The van der Waals surface area contributed by atoms with Crippen molar-refractivity contribution in [1.29, 1.82) is 0 Å². The van der Waals surface area contributed by atoms with Gasteiger partial charge in [0.2, 0.25) is 17.7 Å². The number of hydrogen-bond acceptors (Lipinski definition) is 5. The molecule has 0 aromatic heterocycles. The summed E-state index contributed by atoms with van der Waals surface area (Å²) in [5.41, 5.74) is -0.991. The number of carbonyl (C=O) groups excluding carboxylic acids is 3. The molecule has 3 N–H and O–H groups in total. The lowest BCUT2D eigenvalue weighted by Crippen LogP contribution is -2.53. The summed E-state index contributed by atoms with van der Waals surface area (Å²) in [4.78, 5) is 40.1. The molecule has 0 radical (unpaired) electrons. The van der Waals surface area contributed by atoms with Crippen LogP contribution in [0.3, 0.4) is 0 Å². The second-order valence-electron chi connectivity index (χ2n) is 7.87. The lowest BCUT2D eigenvalue weighted by molar-refractivity contribution is -0.137. The van der Waals surface area contributed by atoms with Crippen LogP contribution in [0.15, 0.2) is 18.2 Å². The topological polar surface area (TPSA) is 93.8 Å². The summed E-state index contributed by atoms with van der Waals surface area (Å²) in [6, 6.07) is 2.59. The molecular weight excluding hydrogens is 463 g/mol. The Hall–Kier alpha value is -2.37. The Labute approximate surface area is 195 Å². The van der Waals surface area contributed by atoms with Gasteiger partial charge >= 0.3 is 6.18 Å². The Morgan fingerprint density at radius 1 is 1.06 bits per heavy atom. The Morgan fingerprint density at radius 3 is 2.18 bits per heavy atom. The highest BCUT2D eigenvalue weighted by atomic mass is 35.5. The van der Waals surface area contributed by atoms with Crippen LogP contribution in [-0.2, 0) is 20.6 Å². The van der Waals surface area contributed by atoms with Crippen LogP contribution in [0.5, 0.6) is 0 Å². The van der Waals surface area contributed by atoms with Crippen molar-refractivity contribution in [3.63, 3.8) is 0 Å². The standard InChI is InChI=1S/C21H29ClF3N5O3/c1-3-6-26-20(33)14(2)27-18(31)12-29-7-9-30(10-8-29)13-19(32)28-15-4-5-17(22)16(11-15)21(23,24)25/h4-5,11,14H,3,6-10,12-13H2,1-2H3,(H,26,33)(H,27,31)(H,28,32). The molecule has 1 heterocycles. The number of alkyl halides is 3. The number of hydrogen-bond donors (Lipinski definition) is 3. The molecule has 0 aliphatic carbocycles. The van der Waals surface area contributed by atoms with Gasteiger partial charge < -0.3 is 16.0 Å². The zero-order valence-corrected chi connectivity index (χ0v) is 19.4. The van der Waals surface area contributed by atoms with E-state index in [1.54, 1.807) is 6.92 Å². The molecule has 12 heteroatoms. The smallest absolute Gasteiger partial charge is 0.354 e. The van der Waals surface area contributed by atoms with Gasteiger partial charge in [-0.25, -0.2) is 0 Å².